The minimum atomic E-state index is 0.342. The monoisotopic (exact) mass is 890 g/mol. The summed E-state index contributed by atoms with van der Waals surface area (Å²) in [7, 11) is 0. The predicted octanol–water partition coefficient (Wildman–Crippen LogP) is 15.6. The van der Waals surface area contributed by atoms with Gasteiger partial charge in [-0.3, -0.25) is 0 Å². The second kappa shape index (κ2) is 14.4. The van der Waals surface area contributed by atoms with Gasteiger partial charge in [0.15, 0.2) is 0 Å². The van der Waals surface area contributed by atoms with E-state index in [2.05, 4.69) is 231 Å². The number of fused-ring (bicyclic) bond motifs is 16. The van der Waals surface area contributed by atoms with Crippen molar-refractivity contribution in [3.63, 3.8) is 0 Å². The first-order valence-corrected chi connectivity index (χ1v) is 23.8. The molecule has 14 aromatic rings. The third kappa shape index (κ3) is 5.14. The fraction of sp³-hybridized carbons (Fsp3) is 0.0312. The van der Waals surface area contributed by atoms with E-state index in [0.29, 0.717) is 16.8 Å². The van der Waals surface area contributed by atoms with E-state index in [-0.39, 0.29) is 0 Å². The van der Waals surface area contributed by atoms with E-state index >= 15 is 0 Å². The molecule has 0 N–H and O–H groups in total. The van der Waals surface area contributed by atoms with Crippen LogP contribution in [-0.2, 0) is 12.8 Å². The summed E-state index contributed by atoms with van der Waals surface area (Å²) in [5.41, 5.74) is 16.8. The molecule has 6 nitrogen and oxygen atoms in total. The van der Waals surface area contributed by atoms with E-state index in [0.717, 1.165) is 101 Å². The smallest absolute Gasteiger partial charge is 0.103 e. The van der Waals surface area contributed by atoms with Crippen molar-refractivity contribution in [2.24, 2.45) is 0 Å². The molecule has 15 rings (SSSR count). The van der Waals surface area contributed by atoms with Crippen LogP contribution in [0.1, 0.15) is 22.4 Å². The minimum absolute atomic E-state index is 0.342. The number of aryl methyl sites for hydroxylation is 1. The van der Waals surface area contributed by atoms with Crippen LogP contribution in [0.4, 0.5) is 0 Å². The molecule has 0 fully saturated rings. The molecule has 0 atom stereocenters. The van der Waals surface area contributed by atoms with Gasteiger partial charge in [-0.25, -0.2) is 0 Å². The zero-order chi connectivity index (χ0) is 46.2. The van der Waals surface area contributed by atoms with Gasteiger partial charge in [-0.2, -0.15) is 10.5 Å². The largest absolute Gasteiger partial charge is 0.310 e. The first-order chi connectivity index (χ1) is 34.7. The molecule has 0 aliphatic heterocycles. The lowest BCUT2D eigenvalue weighted by Crippen LogP contribution is -2.12. The highest BCUT2D eigenvalue weighted by Gasteiger charge is 2.30. The third-order valence-electron chi connectivity index (χ3n) is 15.1. The number of aromatic nitrogens is 4. The molecule has 4 heterocycles. The Bertz CT molecular complexity index is 4580. The van der Waals surface area contributed by atoms with E-state index in [1.165, 1.54) is 38.2 Å². The van der Waals surface area contributed by atoms with Crippen LogP contribution in [0, 0.1) is 22.7 Å². The Morgan fingerprint density at radius 3 is 1.50 bits per heavy atom. The Kier molecular flexibility index (Phi) is 7.94. The lowest BCUT2D eigenvalue weighted by atomic mass is 9.88. The maximum Gasteiger partial charge on any atom is 0.103 e. The summed E-state index contributed by atoms with van der Waals surface area (Å²) in [5, 5.41) is 32.7. The van der Waals surface area contributed by atoms with Crippen molar-refractivity contribution < 1.29 is 0 Å². The summed E-state index contributed by atoms with van der Waals surface area (Å²) in [6, 6.07) is 78.9. The van der Waals surface area contributed by atoms with E-state index in [9.17, 15) is 10.5 Å². The highest BCUT2D eigenvalue weighted by molar-refractivity contribution is 6.22. The van der Waals surface area contributed by atoms with Gasteiger partial charge in [-0.1, -0.05) is 127 Å². The summed E-state index contributed by atoms with van der Waals surface area (Å²) in [4.78, 5) is 0. The van der Waals surface area contributed by atoms with Gasteiger partial charge >= 0.3 is 0 Å². The molecule has 0 unspecified atom stereocenters. The predicted molar refractivity (Wildman–Crippen MR) is 286 cm³/mol. The van der Waals surface area contributed by atoms with Gasteiger partial charge in [0.05, 0.1) is 61.1 Å². The average molecular weight is 891 g/mol. The van der Waals surface area contributed by atoms with Crippen molar-refractivity contribution in [3.05, 3.63) is 229 Å². The first-order valence-electron chi connectivity index (χ1n) is 23.8. The lowest BCUT2D eigenvalue weighted by molar-refractivity contribution is 0.860. The molecule has 0 radical (unpaired) electrons. The molecule has 6 heteroatoms. The van der Waals surface area contributed by atoms with E-state index in [4.69, 9.17) is 0 Å². The summed E-state index contributed by atoms with van der Waals surface area (Å²) in [6.45, 7) is 0. The van der Waals surface area contributed by atoms with Crippen LogP contribution < -0.4 is 0 Å². The van der Waals surface area contributed by atoms with Crippen LogP contribution in [0.2, 0.25) is 0 Å². The molecule has 0 spiro atoms. The number of hydrogen-bond donors (Lipinski definition) is 0. The Hall–Kier alpha value is -9.62. The summed E-state index contributed by atoms with van der Waals surface area (Å²) in [5.74, 6) is 0. The quantitative estimate of drug-likeness (QED) is 0.177. The molecule has 0 bridgehead atoms. The zero-order valence-corrected chi connectivity index (χ0v) is 37.7. The zero-order valence-electron chi connectivity index (χ0n) is 37.7. The van der Waals surface area contributed by atoms with E-state index in [1.54, 1.807) is 0 Å². The third-order valence-corrected chi connectivity index (χ3v) is 15.1. The molecule has 10 aromatic carbocycles. The Morgan fingerprint density at radius 1 is 0.371 bits per heavy atom. The fourth-order valence-corrected chi connectivity index (χ4v) is 12.3. The molecular weight excluding hydrogens is 853 g/mol. The molecule has 0 amide bonds. The minimum Gasteiger partial charge on any atom is -0.310 e. The molecule has 4 aromatic heterocycles. The van der Waals surface area contributed by atoms with Crippen molar-refractivity contribution in [3.8, 4) is 46.0 Å². The van der Waals surface area contributed by atoms with Gasteiger partial charge in [0.1, 0.15) is 12.1 Å². The summed E-state index contributed by atoms with van der Waals surface area (Å²) in [6.07, 6.45) is 1.61. The number of hydrogen-bond acceptors (Lipinski definition) is 2. The van der Waals surface area contributed by atoms with Gasteiger partial charge < -0.3 is 18.3 Å². The highest BCUT2D eigenvalue weighted by atomic mass is 15.1. The molecule has 0 saturated heterocycles. The summed E-state index contributed by atoms with van der Waals surface area (Å²) >= 11 is 0. The van der Waals surface area contributed by atoms with Crippen LogP contribution in [-0.4, -0.2) is 18.3 Å². The normalized spacial score (nSPS) is 12.4. The van der Waals surface area contributed by atoms with Crippen molar-refractivity contribution in [2.75, 3.05) is 0 Å². The van der Waals surface area contributed by atoms with Crippen molar-refractivity contribution in [2.45, 2.75) is 12.8 Å². The van der Waals surface area contributed by atoms with Crippen molar-refractivity contribution in [1.29, 1.82) is 10.5 Å². The average Bonchev–Trinajstić information content (AvgIpc) is 4.15. The fourth-order valence-electron chi connectivity index (χ4n) is 12.3. The summed E-state index contributed by atoms with van der Waals surface area (Å²) < 4.78 is 9.42. The maximum absolute atomic E-state index is 11.4. The van der Waals surface area contributed by atoms with Gasteiger partial charge in [0.2, 0.25) is 0 Å². The lowest BCUT2D eigenvalue weighted by Gasteiger charge is -2.23. The van der Waals surface area contributed by atoms with Crippen LogP contribution in [0.3, 0.4) is 0 Å². The van der Waals surface area contributed by atoms with Gasteiger partial charge in [-0.05, 0) is 114 Å². The van der Waals surface area contributed by atoms with E-state index < -0.39 is 0 Å². The number of para-hydroxylation sites is 4. The molecule has 324 valence electrons. The number of rotatable bonds is 4. The van der Waals surface area contributed by atoms with Crippen molar-refractivity contribution in [1.82, 2.24) is 18.3 Å². The number of benzene rings is 10. The standard InChI is InChI=1S/C64H38N6/c65-37-41-27-32-61(69-57-33-28-42(35-50(57)62-44-15-3-1-13-39(44)25-30-59(62)69)67-53-21-9-5-17-46(53)47-18-6-10-22-54(47)67)64(52(41)38-66)70-58-34-29-43(36-51(58)63-45-16-4-2-14-40(45)26-31-60(63)70)68-55-23-11-7-19-48(55)49-20-8-12-24-56(49)68/h1-25,27-30,32-36H,26,31H2. The number of nitriles is 2. The molecule has 1 aliphatic rings. The second-order valence-corrected chi connectivity index (χ2v) is 18.6. The maximum atomic E-state index is 11.4. The molecule has 1 aliphatic carbocycles. The molecule has 70 heavy (non-hydrogen) atoms. The van der Waals surface area contributed by atoms with Crippen LogP contribution in [0.5, 0.6) is 0 Å². The van der Waals surface area contributed by atoms with Crippen molar-refractivity contribution >= 4 is 87.1 Å². The van der Waals surface area contributed by atoms with Crippen LogP contribution >= 0.6 is 0 Å². The van der Waals surface area contributed by atoms with Crippen LogP contribution in [0.25, 0.3) is 121 Å². The molecular formula is C64H38N6. The van der Waals surface area contributed by atoms with Gasteiger partial charge in [0.25, 0.3) is 0 Å². The first kappa shape index (κ1) is 38.5. The van der Waals surface area contributed by atoms with Gasteiger partial charge in [0, 0.05) is 60.3 Å². The van der Waals surface area contributed by atoms with Gasteiger partial charge in [-0.15, -0.1) is 0 Å². The molecule has 0 saturated carbocycles. The topological polar surface area (TPSA) is 67.3 Å². The van der Waals surface area contributed by atoms with Crippen LogP contribution in [0.15, 0.2) is 206 Å². The Balaban J connectivity index is 1.06. The Morgan fingerprint density at radius 2 is 0.886 bits per heavy atom. The highest BCUT2D eigenvalue weighted by Crippen LogP contribution is 2.47. The Labute approximate surface area is 401 Å². The SMILES string of the molecule is N#Cc1ccc(-n2c3ccc(-n4c5ccccc5c5ccccc54)cc3c3c4ccccc4ccc32)c(-n2c3c(c4cc(-n5c6ccccc6c6ccccc65)ccc42)-c2ccccc2CC3)c1C#N. The second-order valence-electron chi connectivity index (χ2n) is 18.6. The number of nitrogens with zero attached hydrogens (tertiary/aromatic N) is 6. The van der Waals surface area contributed by atoms with E-state index in [1.807, 2.05) is 6.07 Å².